The average Bonchev–Trinajstić information content (AvgIpc) is 3.11. The van der Waals surface area contributed by atoms with Gasteiger partial charge in [0, 0.05) is 43.7 Å². The summed E-state index contributed by atoms with van der Waals surface area (Å²) in [5.41, 5.74) is 2.94. The summed E-state index contributed by atoms with van der Waals surface area (Å²) in [4.78, 5) is 40.1. The van der Waals surface area contributed by atoms with Crippen LogP contribution in [-0.4, -0.2) is 57.3 Å². The van der Waals surface area contributed by atoms with E-state index in [-0.39, 0.29) is 11.5 Å². The number of rotatable bonds is 4. The van der Waals surface area contributed by atoms with Crippen LogP contribution in [0.15, 0.2) is 40.5 Å². The van der Waals surface area contributed by atoms with E-state index in [2.05, 4.69) is 19.9 Å². The van der Waals surface area contributed by atoms with Gasteiger partial charge in [0.05, 0.1) is 17.2 Å². The normalized spacial score (nSPS) is 15.2. The van der Waals surface area contributed by atoms with Crippen molar-refractivity contribution in [3.63, 3.8) is 0 Å². The van der Waals surface area contributed by atoms with Crippen molar-refractivity contribution in [1.29, 1.82) is 0 Å². The summed E-state index contributed by atoms with van der Waals surface area (Å²) in [5.74, 6) is 0.639. The van der Waals surface area contributed by atoms with E-state index in [9.17, 15) is 9.59 Å². The SMILES string of the molecule is Cc1nc(-c2cc(=O)[nH]c(-c3ccccc3CN3CCN(C)C(=O)C3)n2)cs1. The number of nitrogens with one attached hydrogen (secondary N) is 1. The highest BCUT2D eigenvalue weighted by Crippen LogP contribution is 2.24. The lowest BCUT2D eigenvalue weighted by Gasteiger charge is -2.32. The Hall–Kier alpha value is -2.84. The van der Waals surface area contributed by atoms with Crippen LogP contribution in [-0.2, 0) is 11.3 Å². The van der Waals surface area contributed by atoms with Gasteiger partial charge in [0.1, 0.15) is 11.5 Å². The molecule has 1 aromatic carbocycles. The zero-order chi connectivity index (χ0) is 19.7. The molecular formula is C20H21N5O2S. The zero-order valence-corrected chi connectivity index (χ0v) is 16.6. The molecule has 144 valence electrons. The molecule has 1 saturated heterocycles. The molecule has 7 nitrogen and oxygen atoms in total. The van der Waals surface area contributed by atoms with Gasteiger partial charge in [-0.1, -0.05) is 24.3 Å². The Morgan fingerprint density at radius 3 is 2.71 bits per heavy atom. The number of H-pyrrole nitrogens is 1. The fraction of sp³-hybridized carbons (Fsp3) is 0.300. The van der Waals surface area contributed by atoms with E-state index >= 15 is 0 Å². The highest BCUT2D eigenvalue weighted by molar-refractivity contribution is 7.09. The van der Waals surface area contributed by atoms with Crippen molar-refractivity contribution in [2.24, 2.45) is 0 Å². The fourth-order valence-electron chi connectivity index (χ4n) is 3.27. The maximum absolute atomic E-state index is 12.3. The predicted octanol–water partition coefficient (Wildman–Crippen LogP) is 2.14. The third kappa shape index (κ3) is 3.88. The van der Waals surface area contributed by atoms with Crippen LogP contribution in [0.25, 0.3) is 22.8 Å². The molecule has 1 aliphatic heterocycles. The highest BCUT2D eigenvalue weighted by atomic mass is 32.1. The molecule has 1 aliphatic rings. The molecular weight excluding hydrogens is 374 g/mol. The number of hydrogen-bond acceptors (Lipinski definition) is 6. The third-order valence-corrected chi connectivity index (χ3v) is 5.60. The van der Waals surface area contributed by atoms with Crippen LogP contribution in [0.2, 0.25) is 0 Å². The first-order valence-electron chi connectivity index (χ1n) is 9.08. The number of likely N-dealkylation sites (N-methyl/N-ethyl adjacent to an activating group) is 1. The van der Waals surface area contributed by atoms with E-state index in [4.69, 9.17) is 0 Å². The Kier molecular flexibility index (Phi) is 5.06. The summed E-state index contributed by atoms with van der Waals surface area (Å²) in [6.07, 6.45) is 0. The van der Waals surface area contributed by atoms with Crippen molar-refractivity contribution in [3.8, 4) is 22.8 Å². The molecule has 3 aromatic rings. The van der Waals surface area contributed by atoms with Gasteiger partial charge in [0.2, 0.25) is 5.91 Å². The number of amides is 1. The quantitative estimate of drug-likeness (QED) is 0.732. The van der Waals surface area contributed by atoms with Gasteiger partial charge in [-0.15, -0.1) is 11.3 Å². The first-order chi connectivity index (χ1) is 13.5. The third-order valence-electron chi connectivity index (χ3n) is 4.83. The van der Waals surface area contributed by atoms with Gasteiger partial charge in [-0.2, -0.15) is 0 Å². The average molecular weight is 395 g/mol. The number of carbonyl (C=O) groups is 1. The summed E-state index contributed by atoms with van der Waals surface area (Å²) >= 11 is 1.53. The summed E-state index contributed by atoms with van der Waals surface area (Å²) in [5, 5.41) is 2.83. The van der Waals surface area contributed by atoms with Gasteiger partial charge >= 0.3 is 0 Å². The summed E-state index contributed by atoms with van der Waals surface area (Å²) < 4.78 is 0. The lowest BCUT2D eigenvalue weighted by Crippen LogP contribution is -2.48. The number of carbonyl (C=O) groups excluding carboxylic acids is 1. The molecule has 0 atom stereocenters. The minimum atomic E-state index is -0.213. The van der Waals surface area contributed by atoms with Gasteiger partial charge in [0.25, 0.3) is 5.56 Å². The topological polar surface area (TPSA) is 82.2 Å². The number of aromatic amines is 1. The number of benzene rings is 1. The fourth-order valence-corrected chi connectivity index (χ4v) is 3.88. The van der Waals surface area contributed by atoms with Crippen molar-refractivity contribution in [3.05, 3.63) is 56.6 Å². The maximum Gasteiger partial charge on any atom is 0.251 e. The maximum atomic E-state index is 12.3. The summed E-state index contributed by atoms with van der Waals surface area (Å²) in [6, 6.07) is 9.31. The summed E-state index contributed by atoms with van der Waals surface area (Å²) in [7, 11) is 1.83. The molecule has 1 N–H and O–H groups in total. The molecule has 1 fully saturated rings. The molecule has 0 saturated carbocycles. The van der Waals surface area contributed by atoms with Gasteiger partial charge in [-0.05, 0) is 12.5 Å². The van der Waals surface area contributed by atoms with E-state index in [1.807, 2.05) is 43.6 Å². The van der Waals surface area contributed by atoms with E-state index in [0.717, 1.165) is 29.2 Å². The van der Waals surface area contributed by atoms with Crippen LogP contribution >= 0.6 is 11.3 Å². The number of nitrogens with zero attached hydrogens (tertiary/aromatic N) is 4. The summed E-state index contributed by atoms with van der Waals surface area (Å²) in [6.45, 7) is 4.48. The van der Waals surface area contributed by atoms with Crippen molar-refractivity contribution < 1.29 is 4.79 Å². The lowest BCUT2D eigenvalue weighted by atomic mass is 10.1. The van der Waals surface area contributed by atoms with E-state index in [1.165, 1.54) is 17.4 Å². The van der Waals surface area contributed by atoms with Crippen molar-refractivity contribution in [2.75, 3.05) is 26.7 Å². The smallest absolute Gasteiger partial charge is 0.251 e. The molecule has 3 heterocycles. The Morgan fingerprint density at radius 1 is 1.14 bits per heavy atom. The first kappa shape index (κ1) is 18.5. The molecule has 0 aliphatic carbocycles. The molecule has 0 unspecified atom stereocenters. The second-order valence-corrected chi connectivity index (χ2v) is 7.98. The van der Waals surface area contributed by atoms with Crippen LogP contribution in [0.3, 0.4) is 0 Å². The van der Waals surface area contributed by atoms with E-state index < -0.39 is 0 Å². The number of thiazole rings is 1. The van der Waals surface area contributed by atoms with E-state index in [1.54, 1.807) is 4.90 Å². The highest BCUT2D eigenvalue weighted by Gasteiger charge is 2.22. The molecule has 0 radical (unpaired) electrons. The van der Waals surface area contributed by atoms with Crippen LogP contribution in [0.5, 0.6) is 0 Å². The Bertz CT molecular complexity index is 1070. The molecule has 2 aromatic heterocycles. The van der Waals surface area contributed by atoms with Crippen LogP contribution in [0.4, 0.5) is 0 Å². The largest absolute Gasteiger partial charge is 0.343 e. The molecule has 4 rings (SSSR count). The second kappa shape index (κ2) is 7.65. The van der Waals surface area contributed by atoms with Crippen LogP contribution in [0.1, 0.15) is 10.6 Å². The standard InChI is InChI=1S/C20H21N5O2S/c1-13-21-17(12-28-13)16-9-18(26)23-20(22-16)15-6-4-3-5-14(15)10-25-8-7-24(2)19(27)11-25/h3-6,9,12H,7-8,10-11H2,1-2H3,(H,22,23,26). The monoisotopic (exact) mass is 395 g/mol. The minimum Gasteiger partial charge on any atom is -0.343 e. The van der Waals surface area contributed by atoms with Gasteiger partial charge in [-0.25, -0.2) is 9.97 Å². The number of aromatic nitrogens is 3. The second-order valence-electron chi connectivity index (χ2n) is 6.91. The lowest BCUT2D eigenvalue weighted by molar-refractivity contribution is -0.134. The first-order valence-corrected chi connectivity index (χ1v) is 9.96. The number of aryl methyl sites for hydroxylation is 1. The van der Waals surface area contributed by atoms with Crippen LogP contribution in [0, 0.1) is 6.92 Å². The van der Waals surface area contributed by atoms with Gasteiger partial charge in [0.15, 0.2) is 0 Å². The van der Waals surface area contributed by atoms with Crippen molar-refractivity contribution >= 4 is 17.2 Å². The van der Waals surface area contributed by atoms with Crippen molar-refractivity contribution in [2.45, 2.75) is 13.5 Å². The number of hydrogen-bond donors (Lipinski definition) is 1. The molecule has 0 bridgehead atoms. The Labute approximate surface area is 166 Å². The van der Waals surface area contributed by atoms with Crippen molar-refractivity contribution in [1.82, 2.24) is 24.8 Å². The molecule has 1 amide bonds. The van der Waals surface area contributed by atoms with Gasteiger partial charge in [-0.3, -0.25) is 14.5 Å². The Balaban J connectivity index is 1.68. The number of piperazine rings is 1. The van der Waals surface area contributed by atoms with Crippen LogP contribution < -0.4 is 5.56 Å². The molecule has 8 heteroatoms. The Morgan fingerprint density at radius 2 is 1.96 bits per heavy atom. The zero-order valence-electron chi connectivity index (χ0n) is 15.8. The molecule has 28 heavy (non-hydrogen) atoms. The minimum absolute atomic E-state index is 0.121. The predicted molar refractivity (Wildman–Crippen MR) is 109 cm³/mol. The van der Waals surface area contributed by atoms with E-state index in [0.29, 0.717) is 30.3 Å². The van der Waals surface area contributed by atoms with Gasteiger partial charge < -0.3 is 9.88 Å². The molecule has 0 spiro atoms.